The molecule has 0 radical (unpaired) electrons. The van der Waals surface area contributed by atoms with E-state index in [0.717, 1.165) is 29.5 Å². The molecule has 2 heteroatoms. The second kappa shape index (κ2) is 13.9. The standard InChI is InChI=1S/C20H20FN.C4H10.C2H6/c1-2-3-4-8-16-14-17(21)10-11-19(16)20-18-9-6-5-7-15(18)12-13-22-20;1-3-4-2;1-2/h3-7,9-13,16H,2,8,14H2,1H3;3-4H2,1-2H3;1-2H3. The van der Waals surface area contributed by atoms with Crippen molar-refractivity contribution in [2.75, 3.05) is 0 Å². The maximum Gasteiger partial charge on any atom is 0.101 e. The molecule has 1 heterocycles. The molecule has 1 aromatic heterocycles. The molecular weight excluding hydrogens is 345 g/mol. The highest BCUT2D eigenvalue weighted by molar-refractivity contribution is 5.92. The fraction of sp³-hybridized carbons (Fsp3) is 0.423. The summed E-state index contributed by atoms with van der Waals surface area (Å²) in [5.74, 6) is 0.116. The summed E-state index contributed by atoms with van der Waals surface area (Å²) in [6.07, 6.45) is 14.6. The topological polar surface area (TPSA) is 12.9 Å². The normalized spacial score (nSPS) is 15.9. The number of halogens is 1. The number of nitrogens with zero attached hydrogens (tertiary/aromatic N) is 1. The van der Waals surface area contributed by atoms with Crippen molar-refractivity contribution in [1.82, 2.24) is 4.98 Å². The van der Waals surface area contributed by atoms with E-state index in [-0.39, 0.29) is 11.7 Å². The van der Waals surface area contributed by atoms with Crippen molar-refractivity contribution in [2.45, 2.75) is 66.7 Å². The van der Waals surface area contributed by atoms with Crippen molar-refractivity contribution < 1.29 is 4.39 Å². The second-order valence-electron chi connectivity index (χ2n) is 6.63. The zero-order chi connectivity index (χ0) is 20.8. The van der Waals surface area contributed by atoms with E-state index >= 15 is 0 Å². The van der Waals surface area contributed by atoms with Crippen LogP contribution in [-0.2, 0) is 0 Å². The molecule has 0 amide bonds. The molecule has 28 heavy (non-hydrogen) atoms. The van der Waals surface area contributed by atoms with Gasteiger partial charge in [-0.05, 0) is 41.9 Å². The average molecular weight is 382 g/mol. The van der Waals surface area contributed by atoms with Gasteiger partial charge in [-0.15, -0.1) is 0 Å². The van der Waals surface area contributed by atoms with Crippen LogP contribution in [0.3, 0.4) is 0 Å². The van der Waals surface area contributed by atoms with E-state index in [1.165, 1.54) is 18.2 Å². The number of pyridine rings is 1. The first kappa shape index (κ1) is 23.8. The highest BCUT2D eigenvalue weighted by Gasteiger charge is 2.22. The predicted octanol–water partition coefficient (Wildman–Crippen LogP) is 8.68. The summed E-state index contributed by atoms with van der Waals surface area (Å²) in [6, 6.07) is 10.3. The van der Waals surface area contributed by atoms with Gasteiger partial charge in [-0.25, -0.2) is 4.39 Å². The number of rotatable bonds is 5. The van der Waals surface area contributed by atoms with E-state index in [2.05, 4.69) is 50.0 Å². The quantitative estimate of drug-likeness (QED) is 0.472. The summed E-state index contributed by atoms with van der Waals surface area (Å²) < 4.78 is 13.7. The summed E-state index contributed by atoms with van der Waals surface area (Å²) in [4.78, 5) is 4.59. The SMILES string of the molecule is CC.CCC=CCC1CC(F)=CC=C1c1nccc2ccccc12.CCCC. The van der Waals surface area contributed by atoms with Crippen LogP contribution in [-0.4, -0.2) is 4.98 Å². The molecule has 0 bridgehead atoms. The Morgan fingerprint density at radius 3 is 2.39 bits per heavy atom. The van der Waals surface area contributed by atoms with Crippen molar-refractivity contribution in [1.29, 1.82) is 0 Å². The van der Waals surface area contributed by atoms with E-state index in [1.54, 1.807) is 6.08 Å². The van der Waals surface area contributed by atoms with Crippen molar-refractivity contribution in [3.8, 4) is 0 Å². The molecule has 0 aliphatic heterocycles. The summed E-state index contributed by atoms with van der Waals surface area (Å²) in [6.45, 7) is 10.5. The van der Waals surface area contributed by atoms with Crippen LogP contribution in [0.5, 0.6) is 0 Å². The Balaban J connectivity index is 0.000000583. The van der Waals surface area contributed by atoms with Crippen molar-refractivity contribution in [3.63, 3.8) is 0 Å². The molecule has 0 saturated carbocycles. The Kier molecular flexibility index (Phi) is 11.8. The van der Waals surface area contributed by atoms with Gasteiger partial charge < -0.3 is 0 Å². The Labute approximate surface area is 171 Å². The maximum atomic E-state index is 13.7. The number of unbranched alkanes of at least 4 members (excludes halogenated alkanes) is 1. The zero-order valence-corrected chi connectivity index (χ0v) is 18.2. The molecule has 152 valence electrons. The smallest absolute Gasteiger partial charge is 0.101 e. The molecule has 1 aliphatic carbocycles. The zero-order valence-electron chi connectivity index (χ0n) is 18.2. The Hall–Kier alpha value is -2.22. The lowest BCUT2D eigenvalue weighted by Crippen LogP contribution is -2.08. The van der Waals surface area contributed by atoms with Crippen LogP contribution in [0.15, 0.2) is 66.7 Å². The van der Waals surface area contributed by atoms with E-state index in [1.807, 2.05) is 44.3 Å². The largest absolute Gasteiger partial charge is 0.256 e. The third kappa shape index (κ3) is 7.07. The van der Waals surface area contributed by atoms with E-state index in [9.17, 15) is 4.39 Å². The van der Waals surface area contributed by atoms with Crippen molar-refractivity contribution in [3.05, 3.63) is 72.4 Å². The molecular formula is C26H36FN. The number of hydrogen-bond acceptors (Lipinski definition) is 1. The fourth-order valence-corrected chi connectivity index (χ4v) is 2.99. The first-order valence-electron chi connectivity index (χ1n) is 10.8. The number of fused-ring (bicyclic) bond motifs is 1. The Bertz CT molecular complexity index is 779. The van der Waals surface area contributed by atoms with Crippen molar-refractivity contribution in [2.24, 2.45) is 5.92 Å². The average Bonchev–Trinajstić information content (AvgIpc) is 2.75. The lowest BCUT2D eigenvalue weighted by Gasteiger charge is -2.22. The van der Waals surface area contributed by atoms with Crippen LogP contribution in [0.1, 0.15) is 72.4 Å². The van der Waals surface area contributed by atoms with Gasteiger partial charge in [0.2, 0.25) is 0 Å². The number of aromatic nitrogens is 1. The second-order valence-corrected chi connectivity index (χ2v) is 6.63. The summed E-state index contributed by atoms with van der Waals surface area (Å²) >= 11 is 0. The molecule has 1 atom stereocenters. The molecule has 1 aliphatic rings. The monoisotopic (exact) mass is 381 g/mol. The number of hydrogen-bond donors (Lipinski definition) is 0. The van der Waals surface area contributed by atoms with Crippen LogP contribution < -0.4 is 0 Å². The van der Waals surface area contributed by atoms with Gasteiger partial charge in [-0.2, -0.15) is 0 Å². The minimum Gasteiger partial charge on any atom is -0.256 e. The van der Waals surface area contributed by atoms with Crippen LogP contribution in [0.4, 0.5) is 4.39 Å². The van der Waals surface area contributed by atoms with Crippen molar-refractivity contribution >= 4 is 16.3 Å². The van der Waals surface area contributed by atoms with Crippen LogP contribution in [0.2, 0.25) is 0 Å². The summed E-state index contributed by atoms with van der Waals surface area (Å²) in [5.41, 5.74) is 2.12. The number of benzene rings is 1. The Morgan fingerprint density at radius 2 is 1.71 bits per heavy atom. The van der Waals surface area contributed by atoms with Gasteiger partial charge in [-0.1, -0.05) is 90.0 Å². The first-order valence-corrected chi connectivity index (χ1v) is 10.8. The number of allylic oxidation sites excluding steroid dienone is 6. The molecule has 0 saturated heterocycles. The third-order valence-electron chi connectivity index (χ3n) is 4.60. The van der Waals surface area contributed by atoms with E-state index < -0.39 is 0 Å². The summed E-state index contributed by atoms with van der Waals surface area (Å²) in [7, 11) is 0. The molecule has 0 fully saturated rings. The predicted molar refractivity (Wildman–Crippen MR) is 123 cm³/mol. The molecule has 1 unspecified atom stereocenters. The molecule has 1 aromatic carbocycles. The van der Waals surface area contributed by atoms with E-state index in [4.69, 9.17) is 0 Å². The first-order chi connectivity index (χ1) is 13.7. The van der Waals surface area contributed by atoms with Crippen LogP contribution in [0.25, 0.3) is 16.3 Å². The van der Waals surface area contributed by atoms with Gasteiger partial charge in [-0.3, -0.25) is 4.98 Å². The highest BCUT2D eigenvalue weighted by Crippen LogP contribution is 2.37. The molecule has 1 nitrogen and oxygen atoms in total. The molecule has 2 aromatic rings. The summed E-state index contributed by atoms with van der Waals surface area (Å²) in [5, 5.41) is 2.31. The maximum absolute atomic E-state index is 13.7. The lowest BCUT2D eigenvalue weighted by atomic mass is 9.84. The third-order valence-corrected chi connectivity index (χ3v) is 4.60. The van der Waals surface area contributed by atoms with Crippen LogP contribution in [0, 0.1) is 5.92 Å². The van der Waals surface area contributed by atoms with Gasteiger partial charge in [0.05, 0.1) is 5.69 Å². The molecule has 0 spiro atoms. The van der Waals surface area contributed by atoms with Gasteiger partial charge >= 0.3 is 0 Å². The van der Waals surface area contributed by atoms with Gasteiger partial charge in [0.25, 0.3) is 0 Å². The fourth-order valence-electron chi connectivity index (χ4n) is 2.99. The van der Waals surface area contributed by atoms with Gasteiger partial charge in [0.15, 0.2) is 0 Å². The Morgan fingerprint density at radius 1 is 1.00 bits per heavy atom. The minimum absolute atomic E-state index is 0.0427. The van der Waals surface area contributed by atoms with Gasteiger partial charge in [0, 0.05) is 18.0 Å². The van der Waals surface area contributed by atoms with E-state index in [0.29, 0.717) is 6.42 Å². The highest BCUT2D eigenvalue weighted by atomic mass is 19.1. The molecule has 3 rings (SSSR count). The minimum atomic E-state index is -0.0427. The van der Waals surface area contributed by atoms with Gasteiger partial charge in [0.1, 0.15) is 5.83 Å². The van der Waals surface area contributed by atoms with Crippen LogP contribution >= 0.6 is 0 Å². The lowest BCUT2D eigenvalue weighted by molar-refractivity contribution is 0.524. The molecule has 0 N–H and O–H groups in total.